The van der Waals surface area contributed by atoms with Crippen molar-refractivity contribution in [3.63, 3.8) is 0 Å². The highest BCUT2D eigenvalue weighted by Gasteiger charge is 1.95. The lowest BCUT2D eigenvalue weighted by molar-refractivity contribution is 0.251. The summed E-state index contributed by atoms with van der Waals surface area (Å²) >= 11 is 0. The number of ether oxygens (including phenoxy) is 1. The number of hydrogen-bond acceptors (Lipinski definition) is 1. The maximum atomic E-state index is 5.54. The summed E-state index contributed by atoms with van der Waals surface area (Å²) in [7, 11) is 0. The zero-order valence-electron chi connectivity index (χ0n) is 12.4. The standard InChI is InChI=1S/C18H26O/c1-16(2)8-7-9-17(3)12-14-19-15-13-18-10-5-4-6-11-18/h4-6,8,10-12,14,17H,7,9,13,15H2,1-3H3. The molecule has 0 heterocycles. The van der Waals surface area contributed by atoms with Gasteiger partial charge in [0.1, 0.15) is 0 Å². The van der Waals surface area contributed by atoms with Crippen molar-refractivity contribution < 1.29 is 4.74 Å². The number of hydrogen-bond donors (Lipinski definition) is 0. The quantitative estimate of drug-likeness (QED) is 0.356. The van der Waals surface area contributed by atoms with Gasteiger partial charge in [-0.25, -0.2) is 0 Å². The van der Waals surface area contributed by atoms with E-state index in [2.05, 4.69) is 57.2 Å². The van der Waals surface area contributed by atoms with E-state index >= 15 is 0 Å². The normalized spacial score (nSPS) is 12.4. The minimum atomic E-state index is 0.576. The lowest BCUT2D eigenvalue weighted by atomic mass is 10.1. The first-order valence-electron chi connectivity index (χ1n) is 7.14. The van der Waals surface area contributed by atoms with Gasteiger partial charge in [0, 0.05) is 6.42 Å². The van der Waals surface area contributed by atoms with Crippen LogP contribution in [0.15, 0.2) is 54.3 Å². The van der Waals surface area contributed by atoms with Crippen molar-refractivity contribution in [1.82, 2.24) is 0 Å². The second-order valence-corrected chi connectivity index (χ2v) is 5.27. The molecule has 104 valence electrons. The van der Waals surface area contributed by atoms with Gasteiger partial charge in [0.05, 0.1) is 12.9 Å². The Bertz CT molecular complexity index is 385. The molecule has 1 aromatic rings. The Hall–Kier alpha value is -1.50. The highest BCUT2D eigenvalue weighted by Crippen LogP contribution is 2.09. The van der Waals surface area contributed by atoms with Gasteiger partial charge in [-0.3, -0.25) is 0 Å². The summed E-state index contributed by atoms with van der Waals surface area (Å²) in [6.07, 6.45) is 9.61. The third-order valence-corrected chi connectivity index (χ3v) is 3.03. The SMILES string of the molecule is CC(C)=CCCC(C)C=COCCc1ccccc1. The Kier molecular flexibility index (Phi) is 7.72. The number of rotatable bonds is 8. The van der Waals surface area contributed by atoms with Crippen molar-refractivity contribution in [3.8, 4) is 0 Å². The molecular weight excluding hydrogens is 232 g/mol. The first kappa shape index (κ1) is 15.6. The predicted molar refractivity (Wildman–Crippen MR) is 83.1 cm³/mol. The highest BCUT2D eigenvalue weighted by atomic mass is 16.5. The summed E-state index contributed by atoms with van der Waals surface area (Å²) in [4.78, 5) is 0. The van der Waals surface area contributed by atoms with Crippen molar-refractivity contribution in [2.24, 2.45) is 5.92 Å². The minimum absolute atomic E-state index is 0.576. The molecule has 1 rings (SSSR count). The molecule has 0 amide bonds. The zero-order valence-corrected chi connectivity index (χ0v) is 12.4. The van der Waals surface area contributed by atoms with Gasteiger partial charge in [0.25, 0.3) is 0 Å². The average molecular weight is 258 g/mol. The summed E-state index contributed by atoms with van der Waals surface area (Å²) in [5.74, 6) is 0.576. The Balaban J connectivity index is 2.11. The van der Waals surface area contributed by atoms with Gasteiger partial charge in [0.15, 0.2) is 0 Å². The molecule has 0 aliphatic rings. The third-order valence-electron chi connectivity index (χ3n) is 3.03. The van der Waals surface area contributed by atoms with E-state index in [1.54, 1.807) is 0 Å². The van der Waals surface area contributed by atoms with Crippen molar-refractivity contribution in [2.45, 2.75) is 40.0 Å². The van der Waals surface area contributed by atoms with Gasteiger partial charge in [-0.15, -0.1) is 0 Å². The molecule has 1 atom stereocenters. The summed E-state index contributed by atoms with van der Waals surface area (Å²) < 4.78 is 5.54. The predicted octanol–water partition coefficient (Wildman–Crippen LogP) is 5.14. The Morgan fingerprint density at radius 1 is 1.21 bits per heavy atom. The first-order chi connectivity index (χ1) is 9.18. The van der Waals surface area contributed by atoms with Gasteiger partial charge in [0.2, 0.25) is 0 Å². The summed E-state index contributed by atoms with van der Waals surface area (Å²) in [6, 6.07) is 10.4. The van der Waals surface area contributed by atoms with E-state index in [1.807, 2.05) is 12.3 Å². The van der Waals surface area contributed by atoms with E-state index in [4.69, 9.17) is 4.74 Å². The average Bonchev–Trinajstić information content (AvgIpc) is 2.39. The molecule has 1 heteroatoms. The Morgan fingerprint density at radius 2 is 1.95 bits per heavy atom. The monoisotopic (exact) mass is 258 g/mol. The Labute approximate surface area is 118 Å². The van der Waals surface area contributed by atoms with Crippen LogP contribution in [0.1, 0.15) is 39.2 Å². The molecule has 0 saturated carbocycles. The van der Waals surface area contributed by atoms with Crippen LogP contribution in [0.4, 0.5) is 0 Å². The molecule has 0 spiro atoms. The van der Waals surface area contributed by atoms with E-state index in [1.165, 1.54) is 17.6 Å². The number of benzene rings is 1. The van der Waals surface area contributed by atoms with Gasteiger partial charge in [-0.05, 0) is 44.2 Å². The molecule has 0 bridgehead atoms. The molecule has 0 aliphatic heterocycles. The molecule has 19 heavy (non-hydrogen) atoms. The fraction of sp³-hybridized carbons (Fsp3) is 0.444. The smallest absolute Gasteiger partial charge is 0.0913 e. The fourth-order valence-corrected chi connectivity index (χ4v) is 1.81. The van der Waals surface area contributed by atoms with Crippen LogP contribution in [0.5, 0.6) is 0 Å². The van der Waals surface area contributed by atoms with Crippen LogP contribution in [0.3, 0.4) is 0 Å². The van der Waals surface area contributed by atoms with Crippen molar-refractivity contribution in [2.75, 3.05) is 6.61 Å². The van der Waals surface area contributed by atoms with Crippen LogP contribution in [0.2, 0.25) is 0 Å². The van der Waals surface area contributed by atoms with Crippen molar-refractivity contribution >= 4 is 0 Å². The second-order valence-electron chi connectivity index (χ2n) is 5.27. The van der Waals surface area contributed by atoms with E-state index < -0.39 is 0 Å². The van der Waals surface area contributed by atoms with Gasteiger partial charge in [-0.2, -0.15) is 0 Å². The highest BCUT2D eigenvalue weighted by molar-refractivity contribution is 5.14. The lowest BCUT2D eigenvalue weighted by Crippen LogP contribution is -1.94. The Morgan fingerprint density at radius 3 is 2.63 bits per heavy atom. The van der Waals surface area contributed by atoms with Crippen LogP contribution < -0.4 is 0 Å². The van der Waals surface area contributed by atoms with Crippen LogP contribution in [-0.2, 0) is 11.2 Å². The van der Waals surface area contributed by atoms with Crippen molar-refractivity contribution in [3.05, 3.63) is 59.9 Å². The van der Waals surface area contributed by atoms with Crippen molar-refractivity contribution in [1.29, 1.82) is 0 Å². The third kappa shape index (κ3) is 8.25. The van der Waals surface area contributed by atoms with E-state index in [0.717, 1.165) is 19.4 Å². The molecule has 0 N–H and O–H groups in total. The van der Waals surface area contributed by atoms with Crippen LogP contribution in [-0.4, -0.2) is 6.61 Å². The largest absolute Gasteiger partial charge is 0.501 e. The maximum Gasteiger partial charge on any atom is 0.0913 e. The van der Waals surface area contributed by atoms with Crippen LogP contribution in [0.25, 0.3) is 0 Å². The fourth-order valence-electron chi connectivity index (χ4n) is 1.81. The van der Waals surface area contributed by atoms with E-state index in [9.17, 15) is 0 Å². The van der Waals surface area contributed by atoms with E-state index in [-0.39, 0.29) is 0 Å². The molecule has 0 radical (unpaired) electrons. The van der Waals surface area contributed by atoms with Gasteiger partial charge in [-0.1, -0.05) is 48.9 Å². The number of allylic oxidation sites excluding steroid dienone is 3. The van der Waals surface area contributed by atoms with Crippen LogP contribution in [0, 0.1) is 5.92 Å². The molecule has 0 aromatic heterocycles. The zero-order chi connectivity index (χ0) is 13.9. The molecule has 1 aromatic carbocycles. The van der Waals surface area contributed by atoms with Gasteiger partial charge >= 0.3 is 0 Å². The van der Waals surface area contributed by atoms with Crippen LogP contribution >= 0.6 is 0 Å². The minimum Gasteiger partial charge on any atom is -0.501 e. The van der Waals surface area contributed by atoms with Gasteiger partial charge < -0.3 is 4.74 Å². The molecular formula is C18H26O. The first-order valence-corrected chi connectivity index (χ1v) is 7.14. The molecule has 0 saturated heterocycles. The summed E-state index contributed by atoms with van der Waals surface area (Å²) in [5, 5.41) is 0. The topological polar surface area (TPSA) is 9.23 Å². The molecule has 0 aliphatic carbocycles. The molecule has 1 nitrogen and oxygen atoms in total. The molecule has 1 unspecified atom stereocenters. The summed E-state index contributed by atoms with van der Waals surface area (Å²) in [6.45, 7) is 7.28. The maximum absolute atomic E-state index is 5.54. The van der Waals surface area contributed by atoms with E-state index in [0.29, 0.717) is 5.92 Å². The lowest BCUT2D eigenvalue weighted by Gasteiger charge is -2.05. The second kappa shape index (κ2) is 9.43. The molecule has 0 fully saturated rings. The summed E-state index contributed by atoms with van der Waals surface area (Å²) in [5.41, 5.74) is 2.72.